The Kier molecular flexibility index (Phi) is 4.07. The Morgan fingerprint density at radius 1 is 1.16 bits per heavy atom. The lowest BCUT2D eigenvalue weighted by atomic mass is 10.1. The van der Waals surface area contributed by atoms with E-state index >= 15 is 0 Å². The number of thiazole rings is 1. The van der Waals surface area contributed by atoms with Crippen LogP contribution < -0.4 is 4.74 Å². The van der Waals surface area contributed by atoms with Crippen molar-refractivity contribution >= 4 is 21.6 Å². The fourth-order valence-electron chi connectivity index (χ4n) is 2.55. The van der Waals surface area contributed by atoms with Crippen LogP contribution >= 0.6 is 11.3 Å². The van der Waals surface area contributed by atoms with Gasteiger partial charge < -0.3 is 9.84 Å². The average Bonchev–Trinajstić information content (AvgIpc) is 3.27. The maximum Gasteiger partial charge on any atom is 0.146 e. The summed E-state index contributed by atoms with van der Waals surface area (Å²) < 4.78 is 8.13. The molecule has 0 saturated heterocycles. The van der Waals surface area contributed by atoms with Crippen molar-refractivity contribution in [3.63, 3.8) is 0 Å². The zero-order chi connectivity index (χ0) is 17.2. The molecule has 25 heavy (non-hydrogen) atoms. The minimum atomic E-state index is 0.277. The summed E-state index contributed by atoms with van der Waals surface area (Å²) in [6.45, 7) is 0.719. The highest BCUT2D eigenvalue weighted by Gasteiger charge is 2.11. The lowest BCUT2D eigenvalue weighted by Crippen LogP contribution is -2.01. The molecule has 0 atom stereocenters. The third kappa shape index (κ3) is 3.32. The van der Waals surface area contributed by atoms with Crippen LogP contribution in [0.2, 0.25) is 0 Å². The number of phenolic OH excluding ortho intramolecular Hbond substituents is 1. The van der Waals surface area contributed by atoms with Crippen LogP contribution in [0.5, 0.6) is 11.5 Å². The summed E-state index contributed by atoms with van der Waals surface area (Å²) in [7, 11) is 1.66. The molecule has 0 aliphatic rings. The number of aromatic nitrogens is 4. The molecule has 4 aromatic rings. The molecule has 0 saturated carbocycles. The van der Waals surface area contributed by atoms with Crippen molar-refractivity contribution < 1.29 is 9.84 Å². The van der Waals surface area contributed by atoms with E-state index in [1.165, 1.54) is 0 Å². The molecule has 4 rings (SSSR count). The van der Waals surface area contributed by atoms with Crippen molar-refractivity contribution in [2.45, 2.75) is 13.0 Å². The predicted octanol–water partition coefficient (Wildman–Crippen LogP) is 3.51. The first-order chi connectivity index (χ1) is 12.2. The van der Waals surface area contributed by atoms with E-state index in [2.05, 4.69) is 15.3 Å². The number of nitrogens with zero attached hydrogens (tertiary/aromatic N) is 4. The van der Waals surface area contributed by atoms with E-state index in [-0.39, 0.29) is 5.75 Å². The van der Waals surface area contributed by atoms with Crippen LogP contribution in [0.15, 0.2) is 48.7 Å². The van der Waals surface area contributed by atoms with E-state index < -0.39 is 0 Å². The number of hydrogen-bond donors (Lipinski definition) is 1. The van der Waals surface area contributed by atoms with Crippen molar-refractivity contribution in [2.75, 3.05) is 7.11 Å². The Morgan fingerprint density at radius 3 is 2.80 bits per heavy atom. The van der Waals surface area contributed by atoms with Gasteiger partial charge in [-0.2, -0.15) is 0 Å². The first-order valence-corrected chi connectivity index (χ1v) is 8.66. The number of ether oxygens (including phenoxy) is 1. The molecule has 7 heteroatoms. The van der Waals surface area contributed by atoms with Gasteiger partial charge in [-0.25, -0.2) is 4.98 Å². The van der Waals surface area contributed by atoms with Gasteiger partial charge in [-0.05, 0) is 42.3 Å². The Hall–Kier alpha value is -2.93. The van der Waals surface area contributed by atoms with Crippen LogP contribution in [-0.4, -0.2) is 32.2 Å². The number of benzene rings is 2. The van der Waals surface area contributed by atoms with E-state index in [0.717, 1.165) is 45.2 Å². The molecule has 0 amide bonds. The highest BCUT2D eigenvalue weighted by molar-refractivity contribution is 7.21. The second kappa shape index (κ2) is 6.52. The lowest BCUT2D eigenvalue weighted by molar-refractivity contribution is 0.415. The highest BCUT2D eigenvalue weighted by Crippen LogP contribution is 2.31. The van der Waals surface area contributed by atoms with Gasteiger partial charge in [0.25, 0.3) is 0 Å². The summed E-state index contributed by atoms with van der Waals surface area (Å²) in [5.41, 5.74) is 2.84. The molecule has 2 aromatic heterocycles. The van der Waals surface area contributed by atoms with E-state index in [4.69, 9.17) is 4.74 Å². The van der Waals surface area contributed by atoms with Gasteiger partial charge in [-0.3, -0.25) is 4.68 Å². The van der Waals surface area contributed by atoms with Crippen LogP contribution in [0.4, 0.5) is 0 Å². The molecule has 0 unspecified atom stereocenters. The topological polar surface area (TPSA) is 73.1 Å². The minimum Gasteiger partial charge on any atom is -0.508 e. The Bertz CT molecular complexity index is 1010. The summed E-state index contributed by atoms with van der Waals surface area (Å²) in [4.78, 5) is 4.62. The second-order valence-electron chi connectivity index (χ2n) is 5.64. The maximum absolute atomic E-state index is 9.32. The first-order valence-electron chi connectivity index (χ1n) is 7.84. The van der Waals surface area contributed by atoms with E-state index in [1.807, 2.05) is 41.2 Å². The third-order valence-corrected chi connectivity index (χ3v) is 4.96. The van der Waals surface area contributed by atoms with E-state index in [1.54, 1.807) is 30.6 Å². The van der Waals surface area contributed by atoms with Gasteiger partial charge in [-0.15, -0.1) is 16.4 Å². The van der Waals surface area contributed by atoms with E-state index in [9.17, 15) is 5.11 Å². The molecule has 126 valence electrons. The summed E-state index contributed by atoms with van der Waals surface area (Å²) in [6.07, 6.45) is 2.73. The molecule has 0 aliphatic heterocycles. The quantitative estimate of drug-likeness (QED) is 0.595. The second-order valence-corrected chi connectivity index (χ2v) is 6.67. The predicted molar refractivity (Wildman–Crippen MR) is 97.0 cm³/mol. The van der Waals surface area contributed by atoms with Gasteiger partial charge in [0.15, 0.2) is 0 Å². The molecular formula is C18H16N4O2S. The SMILES string of the molecule is COc1ccc2nc(-c3cn(CCc4ccc(O)cc4)nn3)sc2c1. The fourth-order valence-corrected chi connectivity index (χ4v) is 3.50. The van der Waals surface area contributed by atoms with Crippen molar-refractivity contribution in [1.82, 2.24) is 20.0 Å². The molecular weight excluding hydrogens is 336 g/mol. The number of aromatic hydroxyl groups is 1. The average molecular weight is 352 g/mol. The molecule has 0 radical (unpaired) electrons. The van der Waals surface area contributed by atoms with Crippen LogP contribution in [0.3, 0.4) is 0 Å². The zero-order valence-corrected chi connectivity index (χ0v) is 14.4. The standard InChI is InChI=1S/C18H16N4O2S/c1-24-14-6-7-15-17(10-14)25-18(19-15)16-11-22(21-20-16)9-8-12-2-4-13(23)5-3-12/h2-7,10-11,23H,8-9H2,1H3. The minimum absolute atomic E-state index is 0.277. The van der Waals surface area contributed by atoms with Crippen molar-refractivity contribution in [1.29, 1.82) is 0 Å². The molecule has 2 heterocycles. The molecule has 0 spiro atoms. The summed E-state index contributed by atoms with van der Waals surface area (Å²) in [6, 6.07) is 13.0. The summed E-state index contributed by atoms with van der Waals surface area (Å²) in [5.74, 6) is 1.10. The summed E-state index contributed by atoms with van der Waals surface area (Å²) >= 11 is 1.57. The maximum atomic E-state index is 9.32. The van der Waals surface area contributed by atoms with Crippen molar-refractivity contribution in [3.8, 4) is 22.2 Å². The monoisotopic (exact) mass is 352 g/mol. The van der Waals surface area contributed by atoms with Crippen LogP contribution in [0.1, 0.15) is 5.56 Å². The molecule has 2 aromatic carbocycles. The number of aryl methyl sites for hydroxylation is 2. The largest absolute Gasteiger partial charge is 0.508 e. The lowest BCUT2D eigenvalue weighted by Gasteiger charge is -2.01. The van der Waals surface area contributed by atoms with Gasteiger partial charge in [0.05, 0.1) is 23.5 Å². The Labute approximate surface area is 148 Å². The van der Waals surface area contributed by atoms with Crippen molar-refractivity contribution in [3.05, 3.63) is 54.2 Å². The van der Waals surface area contributed by atoms with E-state index in [0.29, 0.717) is 0 Å². The molecule has 0 aliphatic carbocycles. The van der Waals surface area contributed by atoms with Gasteiger partial charge in [0.1, 0.15) is 22.2 Å². The number of fused-ring (bicyclic) bond motifs is 1. The summed E-state index contributed by atoms with van der Waals surface area (Å²) in [5, 5.41) is 18.6. The van der Waals surface area contributed by atoms with Gasteiger partial charge >= 0.3 is 0 Å². The van der Waals surface area contributed by atoms with Crippen LogP contribution in [0.25, 0.3) is 20.9 Å². The molecule has 1 N–H and O–H groups in total. The van der Waals surface area contributed by atoms with Crippen molar-refractivity contribution in [2.24, 2.45) is 0 Å². The van der Waals surface area contributed by atoms with Gasteiger partial charge in [-0.1, -0.05) is 17.3 Å². The highest BCUT2D eigenvalue weighted by atomic mass is 32.1. The van der Waals surface area contributed by atoms with Crippen LogP contribution in [0, 0.1) is 0 Å². The molecule has 0 fully saturated rings. The number of methoxy groups -OCH3 is 1. The van der Waals surface area contributed by atoms with Gasteiger partial charge in [0.2, 0.25) is 0 Å². The molecule has 6 nitrogen and oxygen atoms in total. The smallest absolute Gasteiger partial charge is 0.146 e. The van der Waals surface area contributed by atoms with Crippen LogP contribution in [-0.2, 0) is 13.0 Å². The Balaban J connectivity index is 1.51. The third-order valence-electron chi connectivity index (χ3n) is 3.92. The number of rotatable bonds is 5. The molecule has 0 bridgehead atoms. The van der Waals surface area contributed by atoms with Gasteiger partial charge in [0, 0.05) is 6.54 Å². The normalized spacial score (nSPS) is 11.1. The number of phenols is 1. The zero-order valence-electron chi connectivity index (χ0n) is 13.6. The number of hydrogen-bond acceptors (Lipinski definition) is 6. The first kappa shape index (κ1) is 15.6. The fraction of sp³-hybridized carbons (Fsp3) is 0.167. The Morgan fingerprint density at radius 2 is 2.00 bits per heavy atom.